The third-order valence-corrected chi connectivity index (χ3v) is 4.97. The molecule has 2 unspecified atom stereocenters. The summed E-state index contributed by atoms with van der Waals surface area (Å²) in [6.45, 7) is 12.3. The van der Waals surface area contributed by atoms with Crippen LogP contribution < -0.4 is 5.73 Å². The molecule has 0 radical (unpaired) electrons. The standard InChI is InChI=1S/C15H30N2O/c1-12-9-15(11-16,10-13(2)18-12)17-7-5-14(3,4)6-8-17/h12-13H,5-11,16H2,1-4H3. The second-order valence-electron chi connectivity index (χ2n) is 7.25. The molecule has 2 aliphatic rings. The van der Waals surface area contributed by atoms with Gasteiger partial charge < -0.3 is 10.5 Å². The normalized spacial score (nSPS) is 41.8. The van der Waals surface area contributed by atoms with Gasteiger partial charge in [0.05, 0.1) is 12.2 Å². The quantitative estimate of drug-likeness (QED) is 0.822. The first-order valence-corrected chi connectivity index (χ1v) is 7.47. The molecule has 0 bridgehead atoms. The zero-order valence-electron chi connectivity index (χ0n) is 12.5. The lowest BCUT2D eigenvalue weighted by molar-refractivity contribution is -0.112. The molecule has 106 valence electrons. The van der Waals surface area contributed by atoms with Gasteiger partial charge in [0.25, 0.3) is 0 Å². The van der Waals surface area contributed by atoms with Crippen LogP contribution in [0.15, 0.2) is 0 Å². The molecule has 2 fully saturated rings. The molecule has 2 rings (SSSR count). The van der Waals surface area contributed by atoms with E-state index in [9.17, 15) is 0 Å². The highest BCUT2D eigenvalue weighted by Crippen LogP contribution is 2.38. The van der Waals surface area contributed by atoms with Crippen molar-refractivity contribution in [3.8, 4) is 0 Å². The number of nitrogens with zero attached hydrogens (tertiary/aromatic N) is 1. The lowest BCUT2D eigenvalue weighted by atomic mass is 9.77. The van der Waals surface area contributed by atoms with Crippen LogP contribution in [0.3, 0.4) is 0 Å². The van der Waals surface area contributed by atoms with Crippen LogP contribution in [0.5, 0.6) is 0 Å². The van der Waals surface area contributed by atoms with Gasteiger partial charge in [-0.15, -0.1) is 0 Å². The highest BCUT2D eigenvalue weighted by atomic mass is 16.5. The maximum atomic E-state index is 6.16. The SMILES string of the molecule is CC1CC(CN)(N2CCC(C)(C)CC2)CC(C)O1. The Bertz CT molecular complexity index is 270. The molecule has 2 saturated heterocycles. The monoisotopic (exact) mass is 254 g/mol. The summed E-state index contributed by atoms with van der Waals surface area (Å²) in [7, 11) is 0. The molecule has 2 atom stereocenters. The largest absolute Gasteiger partial charge is 0.375 e. The fourth-order valence-corrected chi connectivity index (χ4v) is 3.79. The van der Waals surface area contributed by atoms with E-state index in [2.05, 4.69) is 32.6 Å². The Kier molecular flexibility index (Phi) is 4.05. The van der Waals surface area contributed by atoms with Gasteiger partial charge in [-0.05, 0) is 58.0 Å². The van der Waals surface area contributed by atoms with Gasteiger partial charge in [0, 0.05) is 12.1 Å². The number of hydrogen-bond donors (Lipinski definition) is 1. The van der Waals surface area contributed by atoms with Crippen LogP contribution in [0, 0.1) is 5.41 Å². The maximum absolute atomic E-state index is 6.16. The molecule has 2 N–H and O–H groups in total. The van der Waals surface area contributed by atoms with Crippen LogP contribution in [-0.4, -0.2) is 42.3 Å². The van der Waals surface area contributed by atoms with E-state index in [4.69, 9.17) is 10.5 Å². The summed E-state index contributed by atoms with van der Waals surface area (Å²) < 4.78 is 5.89. The molecular weight excluding hydrogens is 224 g/mol. The topological polar surface area (TPSA) is 38.5 Å². The van der Waals surface area contributed by atoms with Crippen molar-refractivity contribution in [3.05, 3.63) is 0 Å². The molecule has 18 heavy (non-hydrogen) atoms. The van der Waals surface area contributed by atoms with Gasteiger partial charge in [0.2, 0.25) is 0 Å². The predicted molar refractivity (Wildman–Crippen MR) is 75.6 cm³/mol. The number of piperidine rings is 1. The van der Waals surface area contributed by atoms with Crippen molar-refractivity contribution in [2.75, 3.05) is 19.6 Å². The van der Waals surface area contributed by atoms with Gasteiger partial charge in [-0.2, -0.15) is 0 Å². The number of nitrogens with two attached hydrogens (primary N) is 1. The minimum atomic E-state index is 0.188. The van der Waals surface area contributed by atoms with Crippen molar-refractivity contribution in [1.29, 1.82) is 0 Å². The van der Waals surface area contributed by atoms with E-state index in [1.807, 2.05) is 0 Å². The molecule has 0 aromatic heterocycles. The zero-order chi connectivity index (χ0) is 13.4. The van der Waals surface area contributed by atoms with Gasteiger partial charge in [-0.3, -0.25) is 4.90 Å². The minimum absolute atomic E-state index is 0.188. The van der Waals surface area contributed by atoms with Crippen molar-refractivity contribution >= 4 is 0 Å². The van der Waals surface area contributed by atoms with Crippen molar-refractivity contribution in [3.63, 3.8) is 0 Å². The van der Waals surface area contributed by atoms with Crippen LogP contribution >= 0.6 is 0 Å². The lowest BCUT2D eigenvalue weighted by Crippen LogP contribution is -2.61. The highest BCUT2D eigenvalue weighted by molar-refractivity contribution is 4.99. The first-order chi connectivity index (χ1) is 8.37. The molecule has 2 heterocycles. The average Bonchev–Trinajstić information content (AvgIpc) is 2.27. The summed E-state index contributed by atoms with van der Waals surface area (Å²) >= 11 is 0. The third-order valence-electron chi connectivity index (χ3n) is 4.97. The Balaban J connectivity index is 2.08. The summed E-state index contributed by atoms with van der Waals surface area (Å²) in [6.07, 6.45) is 5.44. The minimum Gasteiger partial charge on any atom is -0.375 e. The number of rotatable bonds is 2. The summed E-state index contributed by atoms with van der Waals surface area (Å²) in [5, 5.41) is 0. The van der Waals surface area contributed by atoms with Gasteiger partial charge in [0.1, 0.15) is 0 Å². The van der Waals surface area contributed by atoms with E-state index in [1.165, 1.54) is 25.9 Å². The Labute approximate surface area is 112 Å². The second-order valence-corrected chi connectivity index (χ2v) is 7.25. The van der Waals surface area contributed by atoms with Crippen LogP contribution in [0.4, 0.5) is 0 Å². The molecule has 0 amide bonds. The predicted octanol–water partition coefficient (Wildman–Crippen LogP) is 2.39. The van der Waals surface area contributed by atoms with E-state index < -0.39 is 0 Å². The second kappa shape index (κ2) is 5.10. The fourth-order valence-electron chi connectivity index (χ4n) is 3.79. The molecule has 0 spiro atoms. The van der Waals surface area contributed by atoms with E-state index >= 15 is 0 Å². The van der Waals surface area contributed by atoms with Crippen LogP contribution in [0.25, 0.3) is 0 Å². The lowest BCUT2D eigenvalue weighted by Gasteiger charge is -2.52. The number of hydrogen-bond acceptors (Lipinski definition) is 3. The van der Waals surface area contributed by atoms with Crippen LogP contribution in [-0.2, 0) is 4.74 Å². The third kappa shape index (κ3) is 2.89. The van der Waals surface area contributed by atoms with Gasteiger partial charge in [0.15, 0.2) is 0 Å². The van der Waals surface area contributed by atoms with E-state index in [0.29, 0.717) is 17.6 Å². The van der Waals surface area contributed by atoms with Crippen molar-refractivity contribution < 1.29 is 4.74 Å². The van der Waals surface area contributed by atoms with Crippen LogP contribution in [0.2, 0.25) is 0 Å². The summed E-state index contributed by atoms with van der Waals surface area (Å²) in [5.41, 5.74) is 6.86. The van der Waals surface area contributed by atoms with E-state index in [1.54, 1.807) is 0 Å². The zero-order valence-corrected chi connectivity index (χ0v) is 12.5. The maximum Gasteiger partial charge on any atom is 0.0568 e. The molecule has 3 heteroatoms. The summed E-state index contributed by atoms with van der Waals surface area (Å²) in [6, 6.07) is 0. The molecule has 0 saturated carbocycles. The average molecular weight is 254 g/mol. The Morgan fingerprint density at radius 3 is 2.06 bits per heavy atom. The number of likely N-dealkylation sites (tertiary alicyclic amines) is 1. The fraction of sp³-hybridized carbons (Fsp3) is 1.00. The van der Waals surface area contributed by atoms with Gasteiger partial charge in [-0.1, -0.05) is 13.8 Å². The highest BCUT2D eigenvalue weighted by Gasteiger charge is 2.44. The van der Waals surface area contributed by atoms with Crippen LogP contribution in [0.1, 0.15) is 53.4 Å². The number of ether oxygens (including phenoxy) is 1. The van der Waals surface area contributed by atoms with E-state index in [0.717, 1.165) is 19.4 Å². The first-order valence-electron chi connectivity index (χ1n) is 7.47. The molecule has 3 nitrogen and oxygen atoms in total. The Hall–Kier alpha value is -0.120. The van der Waals surface area contributed by atoms with E-state index in [-0.39, 0.29) is 5.54 Å². The van der Waals surface area contributed by atoms with Crippen molar-refractivity contribution in [2.45, 2.75) is 71.1 Å². The summed E-state index contributed by atoms with van der Waals surface area (Å²) in [5.74, 6) is 0. The smallest absolute Gasteiger partial charge is 0.0568 e. The van der Waals surface area contributed by atoms with Crippen molar-refractivity contribution in [2.24, 2.45) is 11.1 Å². The van der Waals surface area contributed by atoms with Gasteiger partial charge >= 0.3 is 0 Å². The first kappa shape index (κ1) is 14.3. The Morgan fingerprint density at radius 2 is 1.61 bits per heavy atom. The van der Waals surface area contributed by atoms with Gasteiger partial charge in [-0.25, -0.2) is 0 Å². The molecule has 2 aliphatic heterocycles. The van der Waals surface area contributed by atoms with Crippen molar-refractivity contribution in [1.82, 2.24) is 4.90 Å². The molecule has 0 aromatic rings. The Morgan fingerprint density at radius 1 is 1.11 bits per heavy atom. The molecule has 0 aliphatic carbocycles. The summed E-state index contributed by atoms with van der Waals surface area (Å²) in [4.78, 5) is 2.66. The molecular formula is C15H30N2O. The molecule has 0 aromatic carbocycles.